The van der Waals surface area contributed by atoms with Gasteiger partial charge in [-0.05, 0) is 112 Å². The Kier molecular flexibility index (Phi) is 24.9. The van der Waals surface area contributed by atoms with E-state index in [2.05, 4.69) is 35.6 Å². The Hall–Kier alpha value is -1.94. The van der Waals surface area contributed by atoms with Crippen molar-refractivity contribution in [3.8, 4) is 0 Å². The Morgan fingerprint density at radius 2 is 1.31 bits per heavy atom. The first-order valence-corrected chi connectivity index (χ1v) is 27.9. The molecule has 0 atom stereocenters. The molecule has 5 aromatic rings. The zero-order chi connectivity index (χ0) is 40.8. The van der Waals surface area contributed by atoms with Crippen molar-refractivity contribution in [2.45, 2.75) is 18.7 Å². The number of aliphatic imine (C=N–C) groups is 1. The molecule has 4 aromatic heterocycles. The zero-order valence-corrected chi connectivity index (χ0v) is 39.5. The van der Waals surface area contributed by atoms with E-state index in [4.69, 9.17) is 24.4 Å². The Bertz CT molecular complexity index is 2280. The number of hydrogen-bond acceptors (Lipinski definition) is 25. The van der Waals surface area contributed by atoms with Gasteiger partial charge in [0.1, 0.15) is 10.0 Å². The van der Waals surface area contributed by atoms with Gasteiger partial charge >= 0.3 is 14.6 Å². The number of carbonyl (C=O) groups excluding carboxylic acids is 3. The highest BCUT2D eigenvalue weighted by Crippen LogP contribution is 2.37. The summed E-state index contributed by atoms with van der Waals surface area (Å²) in [5.41, 5.74) is 0.294. The maximum atomic E-state index is 11.2. The van der Waals surface area contributed by atoms with Gasteiger partial charge in [-0.25, -0.2) is 18.4 Å². The molecule has 1 aromatic carbocycles. The Labute approximate surface area is 358 Å². The van der Waals surface area contributed by atoms with Crippen LogP contribution in [0.5, 0.6) is 0 Å². The lowest BCUT2D eigenvalue weighted by atomic mass is 10.2. The molecular weight excluding hydrogens is 977 g/mol. The first-order chi connectivity index (χ1) is 25.4. The second kappa shape index (κ2) is 26.8. The van der Waals surface area contributed by atoms with Gasteiger partial charge in [0.2, 0.25) is 19.1 Å². The molecule has 5 heterocycles. The monoisotopic (exact) mass is 1000 g/mol. The van der Waals surface area contributed by atoms with Crippen molar-refractivity contribution in [3.05, 3.63) is 76.8 Å². The van der Waals surface area contributed by atoms with E-state index in [1.54, 1.807) is 39.2 Å². The van der Waals surface area contributed by atoms with Crippen LogP contribution in [0.15, 0.2) is 48.5 Å². The molecule has 54 heavy (non-hydrogen) atoms. The number of hydrogen-bond donors (Lipinski definition) is 3. The molecular formula is C24H26N8O8S14. The van der Waals surface area contributed by atoms with E-state index in [0.717, 1.165) is 61.4 Å². The summed E-state index contributed by atoms with van der Waals surface area (Å²) in [7, 11) is 16.2. The minimum absolute atomic E-state index is 0.0810. The van der Waals surface area contributed by atoms with Gasteiger partial charge in [-0.15, -0.1) is 0 Å². The molecule has 1 aliphatic rings. The normalized spacial score (nSPS) is 11.6. The Balaban J connectivity index is 0.000000329. The van der Waals surface area contributed by atoms with Gasteiger partial charge in [-0.1, -0.05) is 32.8 Å². The van der Waals surface area contributed by atoms with Gasteiger partial charge in [0, 0.05) is 55.3 Å². The number of benzene rings is 1. The lowest BCUT2D eigenvalue weighted by Crippen LogP contribution is -2.13. The SMILES string of the molecule is CN(C)C=Nc1nc(=S)ss1.CNC(=O)SSC(=O)NC.Cc1nc(=O)ss1.Cc1nc(=S)ss1.O=C1SS(=O)(=O)c2ccccc21.O=c1[nH]c(=O)ss1. The molecule has 0 bridgehead atoms. The summed E-state index contributed by atoms with van der Waals surface area (Å²) in [6.07, 6.45) is 1.71. The van der Waals surface area contributed by atoms with Crippen molar-refractivity contribution in [1.29, 1.82) is 0 Å². The average molecular weight is 1000 g/mol. The molecule has 16 nitrogen and oxygen atoms in total. The van der Waals surface area contributed by atoms with E-state index in [1.165, 1.54) is 67.6 Å². The molecule has 0 fully saturated rings. The maximum absolute atomic E-state index is 11.2. The molecule has 0 unspecified atom stereocenters. The van der Waals surface area contributed by atoms with Crippen molar-refractivity contribution in [3.63, 3.8) is 0 Å². The number of rotatable bonds is 2. The first kappa shape index (κ1) is 50.1. The molecule has 3 N–H and O–H groups in total. The largest absolute Gasteiger partial charge is 0.369 e. The average Bonchev–Trinajstić information content (AvgIpc) is 3.95. The number of amides is 2. The predicted molar refractivity (Wildman–Crippen MR) is 238 cm³/mol. The topological polar surface area (TPSA) is 231 Å². The first-order valence-electron chi connectivity index (χ1n) is 13.5. The van der Waals surface area contributed by atoms with Gasteiger partial charge < -0.3 is 15.5 Å². The van der Waals surface area contributed by atoms with Crippen molar-refractivity contribution in [2.24, 2.45) is 4.99 Å². The molecule has 0 spiro atoms. The van der Waals surface area contributed by atoms with Crippen molar-refractivity contribution in [1.82, 2.24) is 35.5 Å². The third-order valence-corrected chi connectivity index (χ3v) is 18.4. The number of nitrogens with one attached hydrogen (secondary N) is 3. The fourth-order valence-corrected chi connectivity index (χ4v) is 12.6. The minimum atomic E-state index is -3.39. The highest BCUT2D eigenvalue weighted by molar-refractivity contribution is 8.87. The molecule has 294 valence electrons. The molecule has 0 radical (unpaired) electrons. The van der Waals surface area contributed by atoms with E-state index in [-0.39, 0.29) is 35.1 Å². The highest BCUT2D eigenvalue weighted by Gasteiger charge is 2.33. The molecule has 2 amide bonds. The second-order valence-corrected chi connectivity index (χ2v) is 24.4. The van der Waals surface area contributed by atoms with E-state index in [9.17, 15) is 37.2 Å². The van der Waals surface area contributed by atoms with Crippen LogP contribution >= 0.6 is 140 Å². The van der Waals surface area contributed by atoms with Gasteiger partial charge in [-0.3, -0.25) is 33.8 Å². The van der Waals surface area contributed by atoms with Crippen LogP contribution in [0, 0.1) is 21.8 Å². The number of nitrogens with zero attached hydrogens (tertiary/aromatic N) is 5. The lowest BCUT2D eigenvalue weighted by Gasteiger charge is -1.99. The number of carbonyl (C=O) groups is 3. The lowest BCUT2D eigenvalue weighted by molar-refractivity contribution is 0.108. The van der Waals surface area contributed by atoms with Gasteiger partial charge in [-0.2, -0.15) is 9.97 Å². The van der Waals surface area contributed by atoms with Crippen LogP contribution in [0.3, 0.4) is 0 Å². The summed E-state index contributed by atoms with van der Waals surface area (Å²) >= 11 is 9.59. The van der Waals surface area contributed by atoms with Crippen LogP contribution in [0.1, 0.15) is 20.4 Å². The van der Waals surface area contributed by atoms with Crippen molar-refractivity contribution < 1.29 is 22.8 Å². The summed E-state index contributed by atoms with van der Waals surface area (Å²) in [5, 5.41) is 6.55. The van der Waals surface area contributed by atoms with Crippen LogP contribution in [0.4, 0.5) is 14.7 Å². The van der Waals surface area contributed by atoms with Crippen molar-refractivity contribution in [2.75, 3.05) is 28.2 Å². The van der Waals surface area contributed by atoms with Crippen LogP contribution in [-0.4, -0.2) is 83.4 Å². The zero-order valence-electron chi connectivity index (χ0n) is 28.1. The molecule has 0 saturated carbocycles. The van der Waals surface area contributed by atoms with Crippen molar-refractivity contribution >= 4 is 175 Å². The summed E-state index contributed by atoms with van der Waals surface area (Å²) < 4.78 is 23.8. The molecule has 6 rings (SSSR count). The quantitative estimate of drug-likeness (QED) is 0.0675. The number of fused-ring (bicyclic) bond motifs is 1. The van der Waals surface area contributed by atoms with Crippen LogP contribution in [-0.2, 0) is 8.87 Å². The maximum Gasteiger partial charge on any atom is 0.337 e. The van der Waals surface area contributed by atoms with Crippen LogP contribution in [0.25, 0.3) is 0 Å². The van der Waals surface area contributed by atoms with E-state index >= 15 is 0 Å². The number of aryl methyl sites for hydroxylation is 2. The van der Waals surface area contributed by atoms with Crippen LogP contribution in [0.2, 0.25) is 0 Å². The highest BCUT2D eigenvalue weighted by atomic mass is 33.1. The third kappa shape index (κ3) is 22.0. The number of aromatic nitrogens is 4. The summed E-state index contributed by atoms with van der Waals surface area (Å²) in [6.45, 7) is 3.78. The fraction of sp³-hybridized carbons (Fsp3) is 0.250. The Morgan fingerprint density at radius 1 is 0.796 bits per heavy atom. The second-order valence-electron chi connectivity index (χ2n) is 8.59. The molecule has 1 aliphatic heterocycles. The predicted octanol–water partition coefficient (Wildman–Crippen LogP) is 7.44. The smallest absolute Gasteiger partial charge is 0.337 e. The minimum Gasteiger partial charge on any atom is -0.369 e. The number of aromatic amines is 1. The van der Waals surface area contributed by atoms with E-state index < -0.39 is 8.87 Å². The summed E-state index contributed by atoms with van der Waals surface area (Å²) in [4.78, 5) is 81.5. The summed E-state index contributed by atoms with van der Waals surface area (Å²) in [5.74, 6) is 0. The van der Waals surface area contributed by atoms with Gasteiger partial charge in [0.05, 0.1) is 22.0 Å². The summed E-state index contributed by atoms with van der Waals surface area (Å²) in [6, 6.07) is 6.23. The molecule has 30 heteroatoms. The fourth-order valence-electron chi connectivity index (χ4n) is 2.33. The van der Waals surface area contributed by atoms with E-state index in [0.29, 0.717) is 20.3 Å². The van der Waals surface area contributed by atoms with Gasteiger partial charge in [0.25, 0.3) is 10.5 Å². The van der Waals surface area contributed by atoms with Crippen LogP contribution < -0.4 is 25.3 Å². The standard InChI is InChI=1S/C7H4O3S2.C5H7N3S3.C4H8N2O2S2.C3H3NOS2.C3H3NS3.C2HNO2S2/c8-7-5-3-1-2-4-6(5)12(9,10)11-7;1-8(2)3-6-4-7-5(9)11-10-4;1-5-3(7)9-10-4(8)6-2;2*1-2-4-3(5)7-6-2;4-1-3-2(5)7-6-1/h1-4H;3H,1-2H3;1-2H3,(H,5,7)(H,6,8);2*1H3;(H,3,4,5). The van der Waals surface area contributed by atoms with Gasteiger partial charge in [0.15, 0.2) is 7.91 Å². The third-order valence-electron chi connectivity index (χ3n) is 4.30. The number of H-pyrrole nitrogens is 1. The molecule has 0 aliphatic carbocycles. The Morgan fingerprint density at radius 3 is 1.65 bits per heavy atom. The molecule has 0 saturated heterocycles. The van der Waals surface area contributed by atoms with E-state index in [1.807, 2.05) is 32.8 Å².